The summed E-state index contributed by atoms with van der Waals surface area (Å²) in [6.07, 6.45) is 6.36. The molecule has 0 radical (unpaired) electrons. The molecule has 0 unspecified atom stereocenters. The van der Waals surface area contributed by atoms with Crippen molar-refractivity contribution in [1.82, 2.24) is 40.4 Å². The Labute approximate surface area is 323 Å². The molecule has 0 saturated carbocycles. The number of anilines is 2. The molecule has 1 aliphatic rings. The molecular weight excluding hydrogens is 726 g/mol. The first-order valence-electron chi connectivity index (χ1n) is 18.7. The van der Waals surface area contributed by atoms with Crippen molar-refractivity contribution >= 4 is 58.2 Å². The number of hydrogen-bond acceptors (Lipinski definition) is 11. The lowest BCUT2D eigenvalue weighted by Gasteiger charge is -2.25. The fourth-order valence-electron chi connectivity index (χ4n) is 5.87. The molecule has 0 bridgehead atoms. The van der Waals surface area contributed by atoms with Gasteiger partial charge in [-0.05, 0) is 55.7 Å². The molecule has 7 amide bonds. The van der Waals surface area contributed by atoms with Crippen LogP contribution in [0.2, 0.25) is 0 Å². The predicted molar refractivity (Wildman–Crippen MR) is 207 cm³/mol. The number of nitrogens with zero attached hydrogens (tertiary/aromatic N) is 4. The molecule has 2 aromatic heterocycles. The van der Waals surface area contributed by atoms with Crippen molar-refractivity contribution in [2.75, 3.05) is 30.7 Å². The van der Waals surface area contributed by atoms with Crippen LogP contribution in [0.1, 0.15) is 77.7 Å². The molecule has 19 heteroatoms. The van der Waals surface area contributed by atoms with E-state index in [9.17, 15) is 33.6 Å². The van der Waals surface area contributed by atoms with E-state index in [4.69, 9.17) is 16.2 Å². The van der Waals surface area contributed by atoms with Gasteiger partial charge >= 0.3 is 17.7 Å². The number of nitrogens with two attached hydrogens (primary N) is 2. The van der Waals surface area contributed by atoms with Crippen molar-refractivity contribution in [2.24, 2.45) is 11.7 Å². The molecule has 9 N–H and O–H groups in total. The van der Waals surface area contributed by atoms with Crippen LogP contribution in [0.15, 0.2) is 41.2 Å². The number of ether oxygens (including phenoxy) is 1. The van der Waals surface area contributed by atoms with E-state index in [1.807, 2.05) is 6.92 Å². The minimum absolute atomic E-state index is 0.0706. The SMILES string of the molecule is CCCCOc1nc(N)c2[nH]c(=O)n(Cc3ccc(NC(=O)[C@H](CCCNC(N)=O)NC(=O)[C@@H](NC(=O)CCCCCN4C(=O)C=CC4=O)C(C)C)cc3)c2n1. The number of fused-ring (bicyclic) bond motifs is 1. The zero-order valence-electron chi connectivity index (χ0n) is 31.9. The zero-order chi connectivity index (χ0) is 40.8. The van der Waals surface area contributed by atoms with Crippen LogP contribution in [0, 0.1) is 5.92 Å². The minimum atomic E-state index is -1.04. The molecular formula is C37H51N11O8. The number of nitrogen functional groups attached to an aromatic ring is 1. The molecule has 302 valence electrons. The summed E-state index contributed by atoms with van der Waals surface area (Å²) in [6, 6.07) is 4.11. The van der Waals surface area contributed by atoms with E-state index in [0.29, 0.717) is 49.1 Å². The van der Waals surface area contributed by atoms with Gasteiger partial charge in [0.05, 0.1) is 13.2 Å². The average Bonchev–Trinajstić information content (AvgIpc) is 3.64. The largest absolute Gasteiger partial charge is 0.463 e. The number of hydrogen-bond donors (Lipinski definition) is 7. The number of amides is 7. The maximum Gasteiger partial charge on any atom is 0.328 e. The number of imide groups is 1. The van der Waals surface area contributed by atoms with Crippen LogP contribution < -0.4 is 43.2 Å². The van der Waals surface area contributed by atoms with Gasteiger partial charge in [-0.3, -0.25) is 33.4 Å². The predicted octanol–water partition coefficient (Wildman–Crippen LogP) is 1.43. The number of carbonyl (C=O) groups excluding carboxylic acids is 6. The van der Waals surface area contributed by atoms with Crippen molar-refractivity contribution in [3.63, 3.8) is 0 Å². The van der Waals surface area contributed by atoms with Crippen LogP contribution in [-0.4, -0.2) is 91.8 Å². The van der Waals surface area contributed by atoms with Crippen LogP contribution in [0.3, 0.4) is 0 Å². The Morgan fingerprint density at radius 2 is 1.62 bits per heavy atom. The van der Waals surface area contributed by atoms with Crippen LogP contribution in [0.25, 0.3) is 11.2 Å². The number of H-pyrrole nitrogens is 1. The Kier molecular flexibility index (Phi) is 15.5. The number of benzene rings is 1. The molecule has 0 spiro atoms. The summed E-state index contributed by atoms with van der Waals surface area (Å²) in [5.74, 6) is -2.38. The number of nitrogens with one attached hydrogen (secondary N) is 5. The van der Waals surface area contributed by atoms with Crippen molar-refractivity contribution in [3.05, 3.63) is 52.5 Å². The molecule has 19 nitrogen and oxygen atoms in total. The molecule has 3 aromatic rings. The second-order valence-corrected chi connectivity index (χ2v) is 13.8. The van der Waals surface area contributed by atoms with Crippen LogP contribution >= 0.6 is 0 Å². The summed E-state index contributed by atoms with van der Waals surface area (Å²) >= 11 is 0. The van der Waals surface area contributed by atoms with Gasteiger partial charge in [-0.2, -0.15) is 9.97 Å². The number of urea groups is 1. The minimum Gasteiger partial charge on any atom is -0.463 e. The molecule has 1 aromatic carbocycles. The van der Waals surface area contributed by atoms with Gasteiger partial charge in [-0.15, -0.1) is 0 Å². The highest BCUT2D eigenvalue weighted by Crippen LogP contribution is 2.20. The third-order valence-electron chi connectivity index (χ3n) is 8.97. The lowest BCUT2D eigenvalue weighted by molar-refractivity contribution is -0.137. The molecule has 1 aliphatic heterocycles. The quantitative estimate of drug-likeness (QED) is 0.0566. The summed E-state index contributed by atoms with van der Waals surface area (Å²) in [7, 11) is 0. The smallest absolute Gasteiger partial charge is 0.328 e. The van der Waals surface area contributed by atoms with Gasteiger partial charge in [0.2, 0.25) is 17.7 Å². The van der Waals surface area contributed by atoms with E-state index in [1.165, 1.54) is 16.7 Å². The molecule has 56 heavy (non-hydrogen) atoms. The van der Waals surface area contributed by atoms with E-state index >= 15 is 0 Å². The number of imidazole rings is 1. The van der Waals surface area contributed by atoms with Gasteiger partial charge in [0, 0.05) is 37.3 Å². The lowest BCUT2D eigenvalue weighted by Crippen LogP contribution is -2.54. The van der Waals surface area contributed by atoms with Gasteiger partial charge in [-0.25, -0.2) is 9.59 Å². The Hall–Kier alpha value is -6.27. The summed E-state index contributed by atoms with van der Waals surface area (Å²) in [6.45, 7) is 6.52. The highest BCUT2D eigenvalue weighted by molar-refractivity contribution is 6.12. The first-order valence-corrected chi connectivity index (χ1v) is 18.7. The Balaban J connectivity index is 1.36. The van der Waals surface area contributed by atoms with Gasteiger partial charge < -0.3 is 42.5 Å². The van der Waals surface area contributed by atoms with Crippen molar-refractivity contribution < 1.29 is 33.5 Å². The zero-order valence-corrected chi connectivity index (χ0v) is 31.9. The number of unbranched alkanes of at least 4 members (excludes halogenated alkanes) is 3. The second kappa shape index (κ2) is 20.4. The fraction of sp³-hybridized carbons (Fsp3) is 0.486. The second-order valence-electron chi connectivity index (χ2n) is 13.8. The Morgan fingerprint density at radius 1 is 0.911 bits per heavy atom. The fourth-order valence-corrected chi connectivity index (χ4v) is 5.87. The third-order valence-corrected chi connectivity index (χ3v) is 8.97. The van der Waals surface area contributed by atoms with Gasteiger partial charge in [0.25, 0.3) is 11.8 Å². The van der Waals surface area contributed by atoms with Crippen LogP contribution in [-0.2, 0) is 30.5 Å². The van der Waals surface area contributed by atoms with Crippen molar-refractivity contribution in [2.45, 2.75) is 90.8 Å². The summed E-state index contributed by atoms with van der Waals surface area (Å²) in [4.78, 5) is 99.7. The number of aromatic amines is 1. The topological polar surface area (TPSA) is 279 Å². The number of primary amides is 1. The van der Waals surface area contributed by atoms with Crippen LogP contribution in [0.4, 0.5) is 16.3 Å². The van der Waals surface area contributed by atoms with E-state index < -0.39 is 35.6 Å². The summed E-state index contributed by atoms with van der Waals surface area (Å²) < 4.78 is 7.02. The van der Waals surface area contributed by atoms with Crippen molar-refractivity contribution in [1.29, 1.82) is 0 Å². The van der Waals surface area contributed by atoms with Gasteiger partial charge in [0.15, 0.2) is 11.5 Å². The molecule has 3 heterocycles. The molecule has 0 saturated heterocycles. The Bertz CT molecular complexity index is 1950. The normalized spacial score (nSPS) is 13.5. The van der Waals surface area contributed by atoms with Gasteiger partial charge in [0.1, 0.15) is 17.6 Å². The third kappa shape index (κ3) is 12.1. The van der Waals surface area contributed by atoms with Crippen LogP contribution in [0.5, 0.6) is 6.01 Å². The lowest BCUT2D eigenvalue weighted by atomic mass is 10.0. The molecule has 0 aliphatic carbocycles. The summed E-state index contributed by atoms with van der Waals surface area (Å²) in [5, 5.41) is 10.8. The molecule has 4 rings (SSSR count). The molecule has 0 fully saturated rings. The standard InChI is InChI=1S/C37H51N11O8/c1-4-5-20-56-36-45-31(38)30-32(46-36)48(37(55)44-30)21-23-12-14-24(15-13-23)41-33(52)25(10-9-18-40-35(39)54)42-34(53)29(22(2)3)43-26(49)11-7-6-8-19-47-27(50)16-17-28(47)51/h12-17,22,25,29H,4-11,18-21H2,1-3H3,(H,41,52)(H,42,53)(H,43,49)(H,44,55)(H2,38,45,46)(H3,39,40,54)/t25-,29-/m0/s1. The number of aromatic nitrogens is 4. The van der Waals surface area contributed by atoms with E-state index in [1.54, 1.807) is 38.1 Å². The highest BCUT2D eigenvalue weighted by Gasteiger charge is 2.29. The van der Waals surface area contributed by atoms with Gasteiger partial charge in [-0.1, -0.05) is 45.7 Å². The number of rotatable bonds is 22. The van der Waals surface area contributed by atoms with E-state index in [0.717, 1.165) is 17.7 Å². The van der Waals surface area contributed by atoms with E-state index in [2.05, 4.69) is 36.2 Å². The van der Waals surface area contributed by atoms with Crippen molar-refractivity contribution in [3.8, 4) is 6.01 Å². The average molecular weight is 778 g/mol. The maximum atomic E-state index is 13.6. The molecule has 2 atom stereocenters. The first-order chi connectivity index (χ1) is 26.8. The number of carbonyl (C=O) groups is 6. The van der Waals surface area contributed by atoms with E-state index in [-0.39, 0.29) is 73.6 Å². The first kappa shape index (κ1) is 42.5. The Morgan fingerprint density at radius 3 is 2.29 bits per heavy atom. The monoisotopic (exact) mass is 777 g/mol. The maximum absolute atomic E-state index is 13.6. The highest BCUT2D eigenvalue weighted by atomic mass is 16.5. The summed E-state index contributed by atoms with van der Waals surface area (Å²) in [5.41, 5.74) is 12.5.